The number of sulfonamides is 1. The quantitative estimate of drug-likeness (QED) is 0.519. The number of anilines is 1. The minimum absolute atomic E-state index is 0.0335. The van der Waals surface area contributed by atoms with Crippen molar-refractivity contribution in [2.45, 2.75) is 36.3 Å². The van der Waals surface area contributed by atoms with Crippen LogP contribution in [0.1, 0.15) is 19.3 Å². The molecule has 0 heterocycles. The van der Waals surface area contributed by atoms with Gasteiger partial charge in [0.15, 0.2) is 0 Å². The summed E-state index contributed by atoms with van der Waals surface area (Å²) < 4.78 is 58.4. The van der Waals surface area contributed by atoms with Gasteiger partial charge in [0.25, 0.3) is 5.69 Å². The van der Waals surface area contributed by atoms with Crippen LogP contribution < -0.4 is 14.8 Å². The molecule has 0 radical (unpaired) electrons. The first-order valence-electron chi connectivity index (χ1n) is 8.81. The summed E-state index contributed by atoms with van der Waals surface area (Å²) in [7, 11) is -2.62. The maximum absolute atomic E-state index is 13.4. The van der Waals surface area contributed by atoms with E-state index in [1.54, 1.807) is 0 Å². The van der Waals surface area contributed by atoms with Crippen LogP contribution in [0.5, 0.6) is 5.75 Å². The van der Waals surface area contributed by atoms with E-state index in [0.29, 0.717) is 12.8 Å². The van der Waals surface area contributed by atoms with E-state index in [1.165, 1.54) is 19.2 Å². The number of hydrogen-bond donors (Lipinski definition) is 2. The Balaban J connectivity index is 1.83. The topological polar surface area (TPSA) is 111 Å². The van der Waals surface area contributed by atoms with Gasteiger partial charge in [-0.2, -0.15) is 0 Å². The Morgan fingerprint density at radius 1 is 1.14 bits per heavy atom. The summed E-state index contributed by atoms with van der Waals surface area (Å²) in [6.45, 7) is 0. The number of nitro groups is 1. The molecule has 11 heteroatoms. The van der Waals surface area contributed by atoms with Crippen LogP contribution in [0.4, 0.5) is 20.2 Å². The van der Waals surface area contributed by atoms with Gasteiger partial charge in [-0.25, -0.2) is 21.9 Å². The molecule has 0 spiro atoms. The number of halogens is 2. The molecule has 2 N–H and O–H groups in total. The molecule has 0 unspecified atom stereocenters. The van der Waals surface area contributed by atoms with E-state index in [4.69, 9.17) is 4.74 Å². The van der Waals surface area contributed by atoms with Crippen LogP contribution in [0.15, 0.2) is 41.3 Å². The first-order valence-corrected chi connectivity index (χ1v) is 10.3. The van der Waals surface area contributed by atoms with E-state index in [2.05, 4.69) is 10.0 Å². The van der Waals surface area contributed by atoms with Gasteiger partial charge in [0.1, 0.15) is 29.2 Å². The number of ether oxygens (including phenoxy) is 1. The third-order valence-corrected chi connectivity index (χ3v) is 6.07. The molecule has 3 rings (SSSR count). The van der Waals surface area contributed by atoms with Crippen molar-refractivity contribution in [3.63, 3.8) is 0 Å². The van der Waals surface area contributed by atoms with Gasteiger partial charge in [-0.3, -0.25) is 10.1 Å². The summed E-state index contributed by atoms with van der Waals surface area (Å²) in [6, 6.07) is 6.07. The zero-order valence-electron chi connectivity index (χ0n) is 15.4. The Kier molecular flexibility index (Phi) is 5.99. The van der Waals surface area contributed by atoms with Gasteiger partial charge in [0.05, 0.1) is 15.9 Å². The van der Waals surface area contributed by atoms with Gasteiger partial charge in [0, 0.05) is 24.3 Å². The minimum Gasteiger partial charge on any atom is -0.488 e. The van der Waals surface area contributed by atoms with Crippen molar-refractivity contribution >= 4 is 21.4 Å². The van der Waals surface area contributed by atoms with Crippen molar-refractivity contribution in [1.82, 2.24) is 4.72 Å². The largest absolute Gasteiger partial charge is 0.488 e. The molecule has 1 fully saturated rings. The van der Waals surface area contributed by atoms with Crippen molar-refractivity contribution in [2.75, 3.05) is 12.4 Å². The summed E-state index contributed by atoms with van der Waals surface area (Å²) in [5.41, 5.74) is -0.264. The summed E-state index contributed by atoms with van der Waals surface area (Å²) in [5, 5.41) is 14.5. The minimum atomic E-state index is -3.84. The number of nitrogens with zero attached hydrogens (tertiary/aromatic N) is 1. The molecular formula is C18H19F2N3O5S. The van der Waals surface area contributed by atoms with E-state index in [-0.39, 0.29) is 22.4 Å². The van der Waals surface area contributed by atoms with Gasteiger partial charge in [-0.05, 0) is 38.4 Å². The third-order valence-electron chi connectivity index (χ3n) is 4.66. The maximum Gasteiger partial charge on any atom is 0.293 e. The molecule has 1 saturated carbocycles. The molecule has 0 aliphatic heterocycles. The molecule has 0 aromatic heterocycles. The number of nitrogens with one attached hydrogen (secondary N) is 2. The fourth-order valence-corrected chi connectivity index (χ4v) is 4.02. The Morgan fingerprint density at radius 3 is 2.45 bits per heavy atom. The first kappa shape index (κ1) is 20.9. The Morgan fingerprint density at radius 2 is 1.83 bits per heavy atom. The van der Waals surface area contributed by atoms with Crippen LogP contribution in [0, 0.1) is 21.7 Å². The van der Waals surface area contributed by atoms with Gasteiger partial charge >= 0.3 is 0 Å². The van der Waals surface area contributed by atoms with E-state index in [1.807, 2.05) is 0 Å². The molecule has 0 saturated heterocycles. The lowest BCUT2D eigenvalue weighted by atomic mass is 10.1. The summed E-state index contributed by atoms with van der Waals surface area (Å²) in [5.74, 6) is -1.50. The maximum atomic E-state index is 13.4. The van der Waals surface area contributed by atoms with Crippen molar-refractivity contribution in [3.05, 3.63) is 58.1 Å². The molecule has 1 aliphatic rings. The molecule has 0 bridgehead atoms. The highest BCUT2D eigenvalue weighted by molar-refractivity contribution is 7.89. The zero-order chi connectivity index (χ0) is 21.2. The summed E-state index contributed by atoms with van der Waals surface area (Å²) >= 11 is 0. The fraction of sp³-hybridized carbons (Fsp3) is 0.333. The lowest BCUT2D eigenvalue weighted by Crippen LogP contribution is -2.33. The van der Waals surface area contributed by atoms with Gasteiger partial charge in [0.2, 0.25) is 10.0 Å². The second-order valence-electron chi connectivity index (χ2n) is 6.59. The average Bonchev–Trinajstić information content (AvgIpc) is 3.07. The molecule has 2 aromatic carbocycles. The Hall–Kier alpha value is -2.79. The van der Waals surface area contributed by atoms with Gasteiger partial charge in [-0.15, -0.1) is 0 Å². The second-order valence-corrected chi connectivity index (χ2v) is 8.47. The SMILES string of the molecule is CNS(=O)(=O)c1ccc(N[C@H]2CCC[C@H]2Oc2cc(F)cc(F)c2)c([N+](=O)[O-])c1. The van der Waals surface area contributed by atoms with Crippen LogP contribution in [-0.4, -0.2) is 32.5 Å². The van der Waals surface area contributed by atoms with Crippen LogP contribution in [0.3, 0.4) is 0 Å². The molecule has 2 aromatic rings. The van der Waals surface area contributed by atoms with Crippen LogP contribution in [0.25, 0.3) is 0 Å². The van der Waals surface area contributed by atoms with Crippen LogP contribution >= 0.6 is 0 Å². The van der Waals surface area contributed by atoms with Gasteiger partial charge in [-0.1, -0.05) is 0 Å². The zero-order valence-corrected chi connectivity index (χ0v) is 16.2. The molecule has 8 nitrogen and oxygen atoms in total. The molecular weight excluding hydrogens is 408 g/mol. The second kappa shape index (κ2) is 8.29. The smallest absolute Gasteiger partial charge is 0.293 e. The predicted octanol–water partition coefficient (Wildman–Crippen LogP) is 3.19. The van der Waals surface area contributed by atoms with E-state index in [0.717, 1.165) is 30.7 Å². The normalized spacial score (nSPS) is 19.1. The number of benzene rings is 2. The summed E-state index contributed by atoms with van der Waals surface area (Å²) in [6.07, 6.45) is 1.50. The molecule has 29 heavy (non-hydrogen) atoms. The van der Waals surface area contributed by atoms with Crippen LogP contribution in [0.2, 0.25) is 0 Å². The first-order chi connectivity index (χ1) is 13.7. The van der Waals surface area contributed by atoms with Crippen molar-refractivity contribution < 1.29 is 26.9 Å². The highest BCUT2D eigenvalue weighted by Crippen LogP contribution is 2.33. The highest BCUT2D eigenvalue weighted by Gasteiger charge is 2.31. The van der Waals surface area contributed by atoms with Crippen molar-refractivity contribution in [2.24, 2.45) is 0 Å². The van der Waals surface area contributed by atoms with Crippen molar-refractivity contribution in [1.29, 1.82) is 0 Å². The molecule has 156 valence electrons. The van der Waals surface area contributed by atoms with Gasteiger partial charge < -0.3 is 10.1 Å². The lowest BCUT2D eigenvalue weighted by molar-refractivity contribution is -0.384. The Labute approximate surface area is 166 Å². The Bertz CT molecular complexity index is 1010. The standard InChI is InChI=1S/C18H19F2N3O5S/c1-21-29(26,27)14-5-6-15(17(10-14)23(24)25)22-16-3-2-4-18(16)28-13-8-11(19)7-12(20)9-13/h5-10,16,18,21-22H,2-4H2,1H3/t16-,18+/m0/s1. The number of hydrogen-bond acceptors (Lipinski definition) is 6. The predicted molar refractivity (Wildman–Crippen MR) is 101 cm³/mol. The summed E-state index contributed by atoms with van der Waals surface area (Å²) in [4.78, 5) is 10.5. The van der Waals surface area contributed by atoms with Crippen molar-refractivity contribution in [3.8, 4) is 5.75 Å². The lowest BCUT2D eigenvalue weighted by Gasteiger charge is -2.23. The number of rotatable bonds is 7. The van der Waals surface area contributed by atoms with E-state index >= 15 is 0 Å². The third kappa shape index (κ3) is 4.80. The molecule has 2 atom stereocenters. The fourth-order valence-electron chi connectivity index (χ4n) is 3.27. The number of nitro benzene ring substituents is 1. The van der Waals surface area contributed by atoms with E-state index in [9.17, 15) is 27.3 Å². The van der Waals surface area contributed by atoms with Crippen LogP contribution in [-0.2, 0) is 10.0 Å². The molecule has 0 amide bonds. The highest BCUT2D eigenvalue weighted by atomic mass is 32.2. The van der Waals surface area contributed by atoms with E-state index < -0.39 is 38.4 Å². The average molecular weight is 427 g/mol. The monoisotopic (exact) mass is 427 g/mol. The molecule has 1 aliphatic carbocycles.